The molecule has 0 N–H and O–H groups in total. The Balaban J connectivity index is 0.00000173. The second kappa shape index (κ2) is 16.8. The van der Waals surface area contributed by atoms with E-state index in [0.717, 1.165) is 30.9 Å². The zero-order valence-electron chi connectivity index (χ0n) is 29.4. The van der Waals surface area contributed by atoms with E-state index in [2.05, 4.69) is 108 Å². The van der Waals surface area contributed by atoms with E-state index in [1.165, 1.54) is 0 Å². The number of hydrogen-bond donors (Lipinski definition) is 0. The van der Waals surface area contributed by atoms with Crippen LogP contribution in [0.5, 0.6) is 0 Å². The fourth-order valence-electron chi connectivity index (χ4n) is 6.80. The molecule has 0 aliphatic heterocycles. The van der Waals surface area contributed by atoms with Crippen molar-refractivity contribution < 1.29 is 35.1 Å². The van der Waals surface area contributed by atoms with Gasteiger partial charge in [0.2, 0.25) is 0 Å². The Hall–Kier alpha value is 0.681. The van der Waals surface area contributed by atoms with Crippen LogP contribution in [0.1, 0.15) is 47.1 Å². The summed E-state index contributed by atoms with van der Waals surface area (Å²) in [6.45, 7) is 38.6. The Labute approximate surface area is 279 Å². The molecule has 4 nitrogen and oxygen atoms in total. The quantitative estimate of drug-likeness (QED) is 0.160. The average molecular weight is 712 g/mol. The zero-order chi connectivity index (χ0) is 31.2. The van der Waals surface area contributed by atoms with E-state index in [9.17, 15) is 0 Å². The van der Waals surface area contributed by atoms with Crippen molar-refractivity contribution in [1.82, 2.24) is 0 Å². The van der Waals surface area contributed by atoms with E-state index in [1.807, 2.05) is 30.3 Å². The molecule has 0 saturated heterocycles. The Morgan fingerprint density at radius 3 is 1.49 bits per heavy atom. The topological polar surface area (TPSA) is 46.7 Å². The summed E-state index contributed by atoms with van der Waals surface area (Å²) in [5.41, 5.74) is 2.28. The average Bonchev–Trinajstić information content (AvgIpc) is 3.00. The van der Waals surface area contributed by atoms with Crippen molar-refractivity contribution in [2.75, 3.05) is 20.3 Å². The maximum atomic E-state index is 6.38. The first-order chi connectivity index (χ1) is 18.1. The third-order valence-electron chi connectivity index (χ3n) is 8.43. The molecule has 0 aromatic heterocycles. The SMILES string of the molecule is C[N-][Si](C)(CCO[Si](C)(C)C)C1[C-](C)C([Si](C)(CCO[Si](C)(C)C)[N-]C(C)(C)C)C(C)C1C.[CH2-]c1ccccc1.[Zr+4]. The van der Waals surface area contributed by atoms with Crippen LogP contribution in [0.15, 0.2) is 30.3 Å². The van der Waals surface area contributed by atoms with Crippen LogP contribution in [0, 0.1) is 24.7 Å². The molecule has 1 aromatic carbocycles. The van der Waals surface area contributed by atoms with E-state index in [0.29, 0.717) is 22.9 Å². The van der Waals surface area contributed by atoms with Crippen LogP contribution in [0.4, 0.5) is 0 Å². The number of benzene rings is 1. The number of nitrogens with zero attached hydrogens (tertiary/aromatic N) is 2. The monoisotopic (exact) mass is 710 g/mol. The Morgan fingerprint density at radius 1 is 0.780 bits per heavy atom. The molecule has 1 aliphatic carbocycles. The van der Waals surface area contributed by atoms with Crippen molar-refractivity contribution in [1.29, 1.82) is 0 Å². The first-order valence-electron chi connectivity index (χ1n) is 15.4. The summed E-state index contributed by atoms with van der Waals surface area (Å²) < 4.78 is 12.7. The predicted molar refractivity (Wildman–Crippen MR) is 189 cm³/mol. The van der Waals surface area contributed by atoms with Crippen LogP contribution < -0.4 is 0 Å². The van der Waals surface area contributed by atoms with Crippen LogP contribution in [-0.4, -0.2) is 58.9 Å². The van der Waals surface area contributed by atoms with Gasteiger partial charge in [0.05, 0.1) is 0 Å². The standard InChI is InChI=1S/C25H57N2O2Si4.C7H7.Zr/c1-20-21(2)24(33(15,27-25(4,5)6)19-17-29-31(11,12)13)22(3)23(20)32(14,26-7)18-16-28-30(8,9)10;1-7-5-3-2-4-6-7;/h20-21,23-24H,16-19H2,1-15H3;2-6H,1H2;/q-3;-1;+4. The molecule has 1 saturated carbocycles. The van der Waals surface area contributed by atoms with Crippen LogP contribution >= 0.6 is 0 Å². The molecule has 41 heavy (non-hydrogen) atoms. The normalized spacial score (nSPS) is 25.0. The van der Waals surface area contributed by atoms with Gasteiger partial charge in [-0.1, -0.05) is 94.2 Å². The molecule has 0 spiro atoms. The van der Waals surface area contributed by atoms with Gasteiger partial charge in [-0.2, -0.15) is 49.7 Å². The van der Waals surface area contributed by atoms with Crippen molar-refractivity contribution in [3.05, 3.63) is 58.7 Å². The minimum absolute atomic E-state index is 0. The molecular formula is C32H64N2O2Si4Zr. The zero-order valence-corrected chi connectivity index (χ0v) is 35.9. The van der Waals surface area contributed by atoms with Crippen molar-refractivity contribution in [2.45, 2.75) is 123 Å². The molecule has 9 heteroatoms. The molecule has 0 heterocycles. The first-order valence-corrected chi connectivity index (χ1v) is 27.7. The summed E-state index contributed by atoms with van der Waals surface area (Å²) in [5.74, 6) is 3.01. The van der Waals surface area contributed by atoms with Gasteiger partial charge < -0.3 is 24.7 Å². The molecular weight excluding hydrogens is 648 g/mol. The molecule has 6 unspecified atom stereocenters. The molecule has 2 rings (SSSR count). The van der Waals surface area contributed by atoms with E-state index >= 15 is 0 Å². The van der Waals surface area contributed by atoms with Gasteiger partial charge in [0.25, 0.3) is 0 Å². The van der Waals surface area contributed by atoms with E-state index < -0.39 is 33.1 Å². The van der Waals surface area contributed by atoms with Gasteiger partial charge in [-0.25, -0.2) is 0 Å². The molecule has 1 aromatic rings. The van der Waals surface area contributed by atoms with Gasteiger partial charge in [0, 0.05) is 13.2 Å². The van der Waals surface area contributed by atoms with E-state index in [1.54, 1.807) is 5.92 Å². The van der Waals surface area contributed by atoms with Gasteiger partial charge in [-0.05, 0) is 39.3 Å². The summed E-state index contributed by atoms with van der Waals surface area (Å²) in [4.78, 5) is 10.8. The van der Waals surface area contributed by atoms with Crippen molar-refractivity contribution >= 4 is 33.1 Å². The molecule has 1 fully saturated rings. The van der Waals surface area contributed by atoms with Gasteiger partial charge in [0.1, 0.15) is 0 Å². The Bertz CT molecular complexity index is 875. The summed E-state index contributed by atoms with van der Waals surface area (Å²) in [5, 5.41) is 0. The molecule has 6 atom stereocenters. The van der Waals surface area contributed by atoms with Crippen LogP contribution in [0.3, 0.4) is 0 Å². The van der Waals surface area contributed by atoms with Crippen LogP contribution in [0.2, 0.25) is 75.5 Å². The fourth-order valence-corrected chi connectivity index (χ4v) is 17.9. The minimum atomic E-state index is -1.97. The van der Waals surface area contributed by atoms with E-state index in [4.69, 9.17) is 18.8 Å². The first kappa shape index (κ1) is 41.7. The molecule has 0 amide bonds. The largest absolute Gasteiger partial charge is 4.00 e. The van der Waals surface area contributed by atoms with Gasteiger partial charge >= 0.3 is 26.2 Å². The van der Waals surface area contributed by atoms with E-state index in [-0.39, 0.29) is 31.7 Å². The second-order valence-corrected chi connectivity index (χ2v) is 32.9. The van der Waals surface area contributed by atoms with Gasteiger partial charge in [-0.15, -0.1) is 17.7 Å². The summed E-state index contributed by atoms with van der Waals surface area (Å²) in [6, 6.07) is 12.1. The number of hydrogen-bond acceptors (Lipinski definition) is 2. The molecule has 0 bridgehead atoms. The van der Waals surface area contributed by atoms with Crippen molar-refractivity contribution in [3.63, 3.8) is 0 Å². The third-order valence-corrected chi connectivity index (χ3v) is 19.9. The van der Waals surface area contributed by atoms with Crippen LogP contribution in [0.25, 0.3) is 9.96 Å². The third kappa shape index (κ3) is 14.1. The summed E-state index contributed by atoms with van der Waals surface area (Å²) in [6.07, 6.45) is 0. The Kier molecular flexibility index (Phi) is 17.1. The molecule has 234 valence electrons. The minimum Gasteiger partial charge on any atom is -0.669 e. The van der Waals surface area contributed by atoms with Crippen molar-refractivity contribution in [2.24, 2.45) is 11.8 Å². The summed E-state index contributed by atoms with van der Waals surface area (Å²) in [7, 11) is -4.78. The maximum absolute atomic E-state index is 6.38. The second-order valence-electron chi connectivity index (χ2n) is 15.5. The fraction of sp³-hybridized carbons (Fsp3) is 0.750. The molecule has 0 radical (unpaired) electrons. The van der Waals surface area contributed by atoms with Gasteiger partial charge in [-0.3, -0.25) is 0 Å². The maximum Gasteiger partial charge on any atom is 4.00 e. The summed E-state index contributed by atoms with van der Waals surface area (Å²) >= 11 is 0. The van der Waals surface area contributed by atoms with Gasteiger partial charge in [0.15, 0.2) is 16.6 Å². The Morgan fingerprint density at radius 2 is 1.17 bits per heavy atom. The smallest absolute Gasteiger partial charge is 0.669 e. The molecule has 1 aliphatic rings. The van der Waals surface area contributed by atoms with Crippen molar-refractivity contribution in [3.8, 4) is 0 Å². The number of rotatable bonds is 12. The predicted octanol–water partition coefficient (Wildman–Crippen LogP) is 10.5. The van der Waals surface area contributed by atoms with Crippen LogP contribution in [-0.2, 0) is 35.1 Å².